The van der Waals surface area contributed by atoms with E-state index in [0.717, 1.165) is 0 Å². The van der Waals surface area contributed by atoms with E-state index in [2.05, 4.69) is 0 Å². The molecule has 0 saturated carbocycles. The summed E-state index contributed by atoms with van der Waals surface area (Å²) < 4.78 is 4.92. The first-order valence-electron chi connectivity index (χ1n) is 3.65. The summed E-state index contributed by atoms with van der Waals surface area (Å²) in [6.45, 7) is 3.36. The van der Waals surface area contributed by atoms with Gasteiger partial charge in [-0.25, -0.2) is 0 Å². The number of methoxy groups -OCH3 is 1. The van der Waals surface area contributed by atoms with E-state index in [4.69, 9.17) is 9.84 Å². The monoisotopic (exact) mass is 160 g/mol. The highest BCUT2D eigenvalue weighted by Gasteiger charge is 2.19. The summed E-state index contributed by atoms with van der Waals surface area (Å²) in [6.07, 6.45) is 1.45. The Morgan fingerprint density at radius 1 is 1.36 bits per heavy atom. The Bertz CT molecular complexity index is 121. The normalized spacial score (nSPS) is 20.1. The van der Waals surface area contributed by atoms with Crippen molar-refractivity contribution in [3.8, 4) is 0 Å². The van der Waals surface area contributed by atoms with E-state index in [1.807, 2.05) is 6.92 Å². The van der Waals surface area contributed by atoms with Gasteiger partial charge in [0, 0.05) is 7.11 Å². The number of aliphatic hydroxyl groups excluding tert-OH is 2. The molecule has 0 saturated heterocycles. The second-order valence-electron chi connectivity index (χ2n) is 2.46. The van der Waals surface area contributed by atoms with Gasteiger partial charge in [-0.2, -0.15) is 0 Å². The number of aliphatic hydroxyl groups is 2. The highest BCUT2D eigenvalue weighted by molar-refractivity contribution is 4.92. The zero-order valence-electron chi connectivity index (χ0n) is 7.19. The summed E-state index contributed by atoms with van der Waals surface area (Å²) in [5, 5.41) is 18.3. The molecule has 1 unspecified atom stereocenters. The number of hydrogen-bond acceptors (Lipinski definition) is 3. The van der Waals surface area contributed by atoms with Gasteiger partial charge in [-0.05, 0) is 13.8 Å². The average molecular weight is 160 g/mol. The molecule has 0 aromatic rings. The summed E-state index contributed by atoms with van der Waals surface area (Å²) in [7, 11) is 1.50. The highest BCUT2D eigenvalue weighted by atomic mass is 16.5. The van der Waals surface area contributed by atoms with Crippen LogP contribution in [0.25, 0.3) is 0 Å². The molecule has 0 heterocycles. The van der Waals surface area contributed by atoms with Crippen molar-refractivity contribution in [3.63, 3.8) is 0 Å². The van der Waals surface area contributed by atoms with Crippen LogP contribution in [-0.4, -0.2) is 35.6 Å². The Balaban J connectivity index is 4.02. The second-order valence-corrected chi connectivity index (χ2v) is 2.46. The lowest BCUT2D eigenvalue weighted by Crippen LogP contribution is -2.35. The smallest absolute Gasteiger partial charge is 0.109 e. The number of ether oxygens (including phenoxy) is 1. The third-order valence-corrected chi connectivity index (χ3v) is 1.49. The molecule has 0 spiro atoms. The van der Waals surface area contributed by atoms with Crippen LogP contribution < -0.4 is 0 Å². The van der Waals surface area contributed by atoms with E-state index in [0.29, 0.717) is 0 Å². The fourth-order valence-electron chi connectivity index (χ4n) is 0.796. The zero-order chi connectivity index (χ0) is 8.85. The predicted molar refractivity (Wildman–Crippen MR) is 43.3 cm³/mol. The van der Waals surface area contributed by atoms with E-state index in [1.54, 1.807) is 12.2 Å². The Kier molecular flexibility index (Phi) is 5.11. The first kappa shape index (κ1) is 10.6. The third-order valence-electron chi connectivity index (χ3n) is 1.49. The molecule has 66 valence electrons. The van der Waals surface area contributed by atoms with Crippen LogP contribution in [0, 0.1) is 0 Å². The molecule has 0 bridgehead atoms. The van der Waals surface area contributed by atoms with Crippen molar-refractivity contribution >= 4 is 0 Å². The largest absolute Gasteiger partial charge is 0.391 e. The van der Waals surface area contributed by atoms with E-state index < -0.39 is 18.3 Å². The van der Waals surface area contributed by atoms with Gasteiger partial charge in [0.25, 0.3) is 0 Å². The van der Waals surface area contributed by atoms with Gasteiger partial charge in [0.05, 0.1) is 6.10 Å². The van der Waals surface area contributed by atoms with Crippen molar-refractivity contribution in [2.45, 2.75) is 32.2 Å². The molecule has 0 aliphatic rings. The quantitative estimate of drug-likeness (QED) is 0.582. The molecule has 2 N–H and O–H groups in total. The summed E-state index contributed by atoms with van der Waals surface area (Å²) in [5.74, 6) is 0. The Morgan fingerprint density at radius 3 is 2.18 bits per heavy atom. The highest BCUT2D eigenvalue weighted by Crippen LogP contribution is 2.04. The molecular formula is C8H16O3. The minimum atomic E-state index is -0.851. The Hall–Kier alpha value is -0.380. The summed E-state index contributed by atoms with van der Waals surface area (Å²) >= 11 is 0. The Morgan fingerprint density at radius 2 is 1.91 bits per heavy atom. The number of rotatable bonds is 4. The molecular weight excluding hydrogens is 144 g/mol. The van der Waals surface area contributed by atoms with Gasteiger partial charge in [0.2, 0.25) is 0 Å². The van der Waals surface area contributed by atoms with E-state index in [-0.39, 0.29) is 0 Å². The molecule has 0 aliphatic heterocycles. The van der Waals surface area contributed by atoms with Gasteiger partial charge in [0.1, 0.15) is 12.2 Å². The van der Waals surface area contributed by atoms with Crippen LogP contribution in [0.15, 0.2) is 12.2 Å². The minimum absolute atomic E-state index is 0.417. The standard InChI is InChI=1S/C8H16O3/c1-4-5-7(11-3)8(10)6(2)9/h4-10H,1-3H3/b5-4+/t6?,7-,8-/m0/s1. The van der Waals surface area contributed by atoms with Gasteiger partial charge < -0.3 is 14.9 Å². The first-order chi connectivity index (χ1) is 5.13. The van der Waals surface area contributed by atoms with Crippen molar-refractivity contribution in [3.05, 3.63) is 12.2 Å². The van der Waals surface area contributed by atoms with Crippen molar-refractivity contribution < 1.29 is 14.9 Å². The van der Waals surface area contributed by atoms with Gasteiger partial charge in [0.15, 0.2) is 0 Å². The van der Waals surface area contributed by atoms with Crippen LogP contribution in [0.1, 0.15) is 13.8 Å². The lowest BCUT2D eigenvalue weighted by molar-refractivity contribution is -0.0489. The molecule has 0 fully saturated rings. The van der Waals surface area contributed by atoms with Gasteiger partial charge in [-0.3, -0.25) is 0 Å². The molecule has 0 aromatic heterocycles. The molecule has 3 nitrogen and oxygen atoms in total. The van der Waals surface area contributed by atoms with Crippen LogP contribution in [-0.2, 0) is 4.74 Å². The lowest BCUT2D eigenvalue weighted by Gasteiger charge is -2.20. The van der Waals surface area contributed by atoms with Gasteiger partial charge in [-0.15, -0.1) is 0 Å². The molecule has 11 heavy (non-hydrogen) atoms. The SMILES string of the molecule is C/C=C/[C@H](OC)[C@@H](O)C(C)O. The van der Waals surface area contributed by atoms with Crippen LogP contribution in [0.4, 0.5) is 0 Å². The topological polar surface area (TPSA) is 49.7 Å². The van der Waals surface area contributed by atoms with Gasteiger partial charge in [-0.1, -0.05) is 12.2 Å². The molecule has 0 amide bonds. The van der Waals surface area contributed by atoms with Crippen LogP contribution in [0.3, 0.4) is 0 Å². The predicted octanol–water partition coefficient (Wildman–Crippen LogP) is 0.319. The van der Waals surface area contributed by atoms with E-state index >= 15 is 0 Å². The molecule has 3 atom stereocenters. The zero-order valence-corrected chi connectivity index (χ0v) is 7.19. The summed E-state index contributed by atoms with van der Waals surface area (Å²) in [4.78, 5) is 0. The molecule has 0 aliphatic carbocycles. The number of allylic oxidation sites excluding steroid dienone is 1. The molecule has 3 heteroatoms. The fraction of sp³-hybridized carbons (Fsp3) is 0.750. The van der Waals surface area contributed by atoms with Crippen molar-refractivity contribution in [1.82, 2.24) is 0 Å². The second kappa shape index (κ2) is 5.29. The fourth-order valence-corrected chi connectivity index (χ4v) is 0.796. The minimum Gasteiger partial charge on any atom is -0.391 e. The first-order valence-corrected chi connectivity index (χ1v) is 3.65. The summed E-state index contributed by atoms with van der Waals surface area (Å²) in [5.41, 5.74) is 0. The molecule has 0 aromatic carbocycles. The average Bonchev–Trinajstić information content (AvgIpc) is 1.98. The summed E-state index contributed by atoms with van der Waals surface area (Å²) in [6, 6.07) is 0. The van der Waals surface area contributed by atoms with Gasteiger partial charge >= 0.3 is 0 Å². The lowest BCUT2D eigenvalue weighted by atomic mass is 10.1. The Labute approximate surface area is 67.3 Å². The molecule has 0 radical (unpaired) electrons. The van der Waals surface area contributed by atoms with Crippen molar-refractivity contribution in [1.29, 1.82) is 0 Å². The molecule has 0 rings (SSSR count). The maximum atomic E-state index is 9.29. The van der Waals surface area contributed by atoms with E-state index in [1.165, 1.54) is 14.0 Å². The maximum Gasteiger partial charge on any atom is 0.109 e. The van der Waals surface area contributed by atoms with Crippen LogP contribution in [0.2, 0.25) is 0 Å². The number of hydrogen-bond donors (Lipinski definition) is 2. The maximum absolute atomic E-state index is 9.29. The van der Waals surface area contributed by atoms with E-state index in [9.17, 15) is 5.11 Å². The van der Waals surface area contributed by atoms with Crippen LogP contribution >= 0.6 is 0 Å². The van der Waals surface area contributed by atoms with Crippen LogP contribution in [0.5, 0.6) is 0 Å². The van der Waals surface area contributed by atoms with Crippen molar-refractivity contribution in [2.75, 3.05) is 7.11 Å². The third kappa shape index (κ3) is 3.51. The van der Waals surface area contributed by atoms with Crippen molar-refractivity contribution in [2.24, 2.45) is 0 Å².